The molecule has 1 atom stereocenters. The van der Waals surface area contributed by atoms with Crippen molar-refractivity contribution in [2.24, 2.45) is 5.73 Å². The van der Waals surface area contributed by atoms with Crippen molar-refractivity contribution < 1.29 is 9.53 Å². The van der Waals surface area contributed by atoms with Gasteiger partial charge in [-0.15, -0.1) is 11.8 Å². The van der Waals surface area contributed by atoms with Crippen LogP contribution in [0.1, 0.15) is 69.3 Å². The summed E-state index contributed by atoms with van der Waals surface area (Å²) in [5.41, 5.74) is 7.86. The summed E-state index contributed by atoms with van der Waals surface area (Å²) in [7, 11) is 2.21. The minimum Gasteiger partial charge on any atom is -0.472 e. The normalized spacial score (nSPS) is 18.1. The molecule has 2 aromatic rings. The lowest BCUT2D eigenvalue weighted by molar-refractivity contribution is 0.0982. The molecular formula is C30H47N7O2S. The Morgan fingerprint density at radius 3 is 2.35 bits per heavy atom. The van der Waals surface area contributed by atoms with E-state index in [2.05, 4.69) is 58.0 Å². The Balaban J connectivity index is 1.43. The van der Waals surface area contributed by atoms with E-state index >= 15 is 0 Å². The highest BCUT2D eigenvalue weighted by molar-refractivity contribution is 7.98. The first-order valence-corrected chi connectivity index (χ1v) is 16.1. The minimum absolute atomic E-state index is 0.0668. The van der Waals surface area contributed by atoms with Crippen LogP contribution in [-0.2, 0) is 0 Å². The zero-order chi connectivity index (χ0) is 28.5. The molecule has 1 aromatic heterocycles. The molecule has 0 spiro atoms. The molecule has 40 heavy (non-hydrogen) atoms. The predicted octanol–water partition coefficient (Wildman–Crippen LogP) is 4.99. The van der Waals surface area contributed by atoms with Crippen molar-refractivity contribution in [3.63, 3.8) is 0 Å². The summed E-state index contributed by atoms with van der Waals surface area (Å²) in [4.78, 5) is 29.1. The Bertz CT molecular complexity index is 1080. The Hall–Kier alpha value is -2.56. The molecule has 1 aromatic carbocycles. The fourth-order valence-electron chi connectivity index (χ4n) is 5.62. The first kappa shape index (κ1) is 30.4. The molecule has 0 bridgehead atoms. The lowest BCUT2D eigenvalue weighted by Crippen LogP contribution is -2.52. The van der Waals surface area contributed by atoms with Gasteiger partial charge in [0, 0.05) is 56.7 Å². The van der Waals surface area contributed by atoms with Crippen molar-refractivity contribution in [1.82, 2.24) is 19.8 Å². The second-order valence-electron chi connectivity index (χ2n) is 11.0. The van der Waals surface area contributed by atoms with Gasteiger partial charge in [0.05, 0.1) is 0 Å². The van der Waals surface area contributed by atoms with Crippen LogP contribution in [0.15, 0.2) is 29.3 Å². The number of thioether (sulfide) groups is 1. The van der Waals surface area contributed by atoms with E-state index in [1.54, 1.807) is 0 Å². The molecule has 4 rings (SSSR count). The van der Waals surface area contributed by atoms with Gasteiger partial charge < -0.3 is 25.6 Å². The number of hydrogen-bond donors (Lipinski definition) is 2. The van der Waals surface area contributed by atoms with Crippen LogP contribution >= 0.6 is 11.8 Å². The van der Waals surface area contributed by atoms with Gasteiger partial charge in [0.1, 0.15) is 6.10 Å². The number of nitrogens with one attached hydrogen (secondary N) is 1. The van der Waals surface area contributed by atoms with E-state index in [1.165, 1.54) is 56.5 Å². The Morgan fingerprint density at radius 1 is 1.05 bits per heavy atom. The van der Waals surface area contributed by atoms with E-state index in [-0.39, 0.29) is 11.8 Å². The van der Waals surface area contributed by atoms with Gasteiger partial charge in [0.2, 0.25) is 5.88 Å². The first-order chi connectivity index (χ1) is 19.4. The number of piperidine rings is 1. The number of benzene rings is 1. The fourth-order valence-corrected chi connectivity index (χ4v) is 6.07. The van der Waals surface area contributed by atoms with Crippen molar-refractivity contribution in [2.45, 2.75) is 76.0 Å². The summed E-state index contributed by atoms with van der Waals surface area (Å²) < 4.78 is 6.35. The molecule has 3 N–H and O–H groups in total. The molecule has 1 amide bonds. The molecule has 2 aliphatic rings. The minimum atomic E-state index is -0.618. The second kappa shape index (κ2) is 14.9. The van der Waals surface area contributed by atoms with Crippen molar-refractivity contribution in [2.75, 3.05) is 62.8 Å². The van der Waals surface area contributed by atoms with E-state index in [0.29, 0.717) is 22.8 Å². The van der Waals surface area contributed by atoms with E-state index in [9.17, 15) is 4.79 Å². The lowest BCUT2D eigenvalue weighted by atomic mass is 10.0. The van der Waals surface area contributed by atoms with Gasteiger partial charge >= 0.3 is 0 Å². The molecule has 2 saturated heterocycles. The molecule has 0 aliphatic carbocycles. The van der Waals surface area contributed by atoms with Gasteiger partial charge in [-0.2, -0.15) is 4.98 Å². The molecule has 9 nitrogen and oxygen atoms in total. The predicted molar refractivity (Wildman–Crippen MR) is 165 cm³/mol. The summed E-state index contributed by atoms with van der Waals surface area (Å²) in [6, 6.07) is 9.00. The molecule has 1 unspecified atom stereocenters. The molecule has 10 heteroatoms. The van der Waals surface area contributed by atoms with Crippen LogP contribution in [0.4, 0.5) is 17.2 Å². The number of likely N-dealkylation sites (N-methyl/N-ethyl adjacent to an activating group) is 1. The fraction of sp³-hybridized carbons (Fsp3) is 0.633. The summed E-state index contributed by atoms with van der Waals surface area (Å²) in [6.07, 6.45) is 9.52. The zero-order valence-corrected chi connectivity index (χ0v) is 25.5. The van der Waals surface area contributed by atoms with Crippen LogP contribution in [0.5, 0.6) is 5.88 Å². The van der Waals surface area contributed by atoms with Crippen molar-refractivity contribution in [1.29, 1.82) is 0 Å². The molecule has 2 aliphatic heterocycles. The van der Waals surface area contributed by atoms with Crippen LogP contribution < -0.4 is 20.7 Å². The van der Waals surface area contributed by atoms with Crippen LogP contribution in [-0.4, -0.2) is 90.4 Å². The van der Waals surface area contributed by atoms with Gasteiger partial charge in [-0.25, -0.2) is 4.98 Å². The molecule has 3 heterocycles. The maximum atomic E-state index is 12.3. The number of aromatic nitrogens is 2. The maximum Gasteiger partial charge on any atom is 0.271 e. The Kier molecular flexibility index (Phi) is 11.3. The Labute approximate surface area is 244 Å². The van der Waals surface area contributed by atoms with E-state index in [1.807, 2.05) is 18.4 Å². The molecular weight excluding hydrogens is 522 g/mol. The van der Waals surface area contributed by atoms with E-state index in [4.69, 9.17) is 15.5 Å². The van der Waals surface area contributed by atoms with Gasteiger partial charge in [-0.1, -0.05) is 33.1 Å². The number of carbonyl (C=O) groups excluding carboxylic acids is 1. The number of rotatable bonds is 13. The SMILES string of the molecule is CCCCC(CCC)Oc1nc(Nc2ccc(N3CCC(N4CCN(C)CC4)CC3)cc2)c(C(N)=O)nc1SC. The topological polar surface area (TPSA) is 99.9 Å². The smallest absolute Gasteiger partial charge is 0.271 e. The summed E-state index contributed by atoms with van der Waals surface area (Å²) in [6.45, 7) is 11.2. The first-order valence-electron chi connectivity index (χ1n) is 14.9. The third-order valence-electron chi connectivity index (χ3n) is 8.04. The van der Waals surface area contributed by atoms with E-state index in [0.717, 1.165) is 50.9 Å². The monoisotopic (exact) mass is 569 g/mol. The number of amides is 1. The van der Waals surface area contributed by atoms with E-state index < -0.39 is 5.91 Å². The average molecular weight is 570 g/mol. The summed E-state index contributed by atoms with van der Waals surface area (Å²) in [5, 5.41) is 3.86. The molecule has 0 radical (unpaired) electrons. The van der Waals surface area contributed by atoms with Crippen LogP contribution in [0.2, 0.25) is 0 Å². The highest BCUT2D eigenvalue weighted by Gasteiger charge is 2.27. The van der Waals surface area contributed by atoms with Crippen LogP contribution in [0.3, 0.4) is 0 Å². The summed E-state index contributed by atoms with van der Waals surface area (Å²) in [5.74, 6) is 0.161. The van der Waals surface area contributed by atoms with Gasteiger partial charge in [-0.05, 0) is 63.3 Å². The highest BCUT2D eigenvalue weighted by atomic mass is 32.2. The van der Waals surface area contributed by atoms with Crippen molar-refractivity contribution in [3.05, 3.63) is 30.0 Å². The second-order valence-corrected chi connectivity index (χ2v) is 11.8. The quantitative estimate of drug-likeness (QED) is 0.323. The number of nitrogens with zero attached hydrogens (tertiary/aromatic N) is 5. The summed E-state index contributed by atoms with van der Waals surface area (Å²) >= 11 is 1.41. The average Bonchev–Trinajstić information content (AvgIpc) is 2.97. The van der Waals surface area contributed by atoms with Gasteiger partial charge in [0.25, 0.3) is 5.91 Å². The number of ether oxygens (including phenoxy) is 1. The molecule has 2 fully saturated rings. The Morgan fingerprint density at radius 2 is 1.75 bits per heavy atom. The zero-order valence-electron chi connectivity index (χ0n) is 24.7. The number of nitrogens with two attached hydrogens (primary N) is 1. The molecule has 220 valence electrons. The third kappa shape index (κ3) is 8.01. The van der Waals surface area contributed by atoms with Gasteiger partial charge in [-0.3, -0.25) is 9.69 Å². The highest BCUT2D eigenvalue weighted by Crippen LogP contribution is 2.31. The van der Waals surface area contributed by atoms with Crippen molar-refractivity contribution >= 4 is 34.9 Å². The largest absolute Gasteiger partial charge is 0.472 e. The lowest BCUT2D eigenvalue weighted by Gasteiger charge is -2.42. The maximum absolute atomic E-state index is 12.3. The number of primary amides is 1. The van der Waals surface area contributed by atoms with Crippen LogP contribution in [0, 0.1) is 0 Å². The number of hydrogen-bond acceptors (Lipinski definition) is 9. The number of anilines is 3. The number of unbranched alkanes of at least 4 members (excludes halogenated alkanes) is 1. The molecule has 0 saturated carbocycles. The van der Waals surface area contributed by atoms with Crippen molar-refractivity contribution in [3.8, 4) is 5.88 Å². The van der Waals surface area contributed by atoms with Crippen LogP contribution in [0.25, 0.3) is 0 Å². The van der Waals surface area contributed by atoms with Gasteiger partial charge in [0.15, 0.2) is 16.5 Å². The number of carbonyl (C=O) groups is 1. The number of piperazine rings is 1. The standard InChI is InChI=1S/C30H47N7O2S/c1-5-7-9-25(8-6-2)39-29-30(40-4)33-26(27(31)38)28(34-29)32-22-10-12-23(13-11-22)36-16-14-24(15-17-36)37-20-18-35(3)19-21-37/h10-13,24-25H,5-9,14-21H2,1-4H3,(H2,31,38)(H,32,34). The third-order valence-corrected chi connectivity index (χ3v) is 8.70.